The van der Waals surface area contributed by atoms with Crippen LogP contribution in [0, 0.1) is 5.92 Å². The maximum atomic E-state index is 12.8. The van der Waals surface area contributed by atoms with Gasteiger partial charge in [-0.05, 0) is 48.9 Å². The normalized spacial score (nSPS) is 15.1. The lowest BCUT2D eigenvalue weighted by Gasteiger charge is -2.25. The van der Waals surface area contributed by atoms with Crippen LogP contribution in [0.5, 0.6) is 0 Å². The summed E-state index contributed by atoms with van der Waals surface area (Å²) in [6, 6.07) is 15.4. The molecule has 3 nitrogen and oxygen atoms in total. The van der Waals surface area contributed by atoms with E-state index in [1.165, 1.54) is 0 Å². The molecule has 4 heteroatoms. The van der Waals surface area contributed by atoms with Crippen molar-refractivity contribution in [2.75, 3.05) is 26.8 Å². The fourth-order valence-corrected chi connectivity index (χ4v) is 3.49. The number of benzene rings is 2. The van der Waals surface area contributed by atoms with Crippen molar-refractivity contribution in [2.24, 2.45) is 5.92 Å². The summed E-state index contributed by atoms with van der Waals surface area (Å²) in [5, 5.41) is 0.694. The van der Waals surface area contributed by atoms with Crippen LogP contribution in [0.15, 0.2) is 48.5 Å². The zero-order valence-corrected chi connectivity index (χ0v) is 15.3. The molecule has 0 saturated carbocycles. The van der Waals surface area contributed by atoms with Crippen LogP contribution in [0.1, 0.15) is 29.6 Å². The Morgan fingerprint density at radius 2 is 1.92 bits per heavy atom. The Hall–Kier alpha value is -1.84. The van der Waals surface area contributed by atoms with Gasteiger partial charge in [-0.25, -0.2) is 0 Å². The molecule has 0 radical (unpaired) electrons. The standard InChI is InChI=1S/C21H24ClNO2/c1-23(12-9-16-10-13-25-14-11-16)21(24)18-6-4-5-17(15-18)19-7-2-3-8-20(19)22/h2-8,15-16H,9-14H2,1H3. The Morgan fingerprint density at radius 1 is 1.16 bits per heavy atom. The summed E-state index contributed by atoms with van der Waals surface area (Å²) in [5.74, 6) is 0.722. The van der Waals surface area contributed by atoms with Crippen molar-refractivity contribution < 1.29 is 9.53 Å². The maximum absolute atomic E-state index is 12.8. The molecule has 1 saturated heterocycles. The van der Waals surface area contributed by atoms with Crippen LogP contribution in [0.4, 0.5) is 0 Å². The van der Waals surface area contributed by atoms with Crippen LogP contribution in [0.3, 0.4) is 0 Å². The van der Waals surface area contributed by atoms with E-state index in [-0.39, 0.29) is 5.91 Å². The van der Waals surface area contributed by atoms with Crippen LogP contribution >= 0.6 is 11.6 Å². The van der Waals surface area contributed by atoms with Crippen LogP contribution in [-0.4, -0.2) is 37.6 Å². The van der Waals surface area contributed by atoms with E-state index in [2.05, 4.69) is 0 Å². The molecule has 0 aliphatic carbocycles. The molecule has 0 aromatic heterocycles. The number of halogens is 1. The molecule has 3 rings (SSSR count). The van der Waals surface area contributed by atoms with Crippen molar-refractivity contribution >= 4 is 17.5 Å². The molecule has 0 unspecified atom stereocenters. The van der Waals surface area contributed by atoms with E-state index in [1.54, 1.807) is 0 Å². The summed E-state index contributed by atoms with van der Waals surface area (Å²) >= 11 is 6.28. The summed E-state index contributed by atoms with van der Waals surface area (Å²) in [6.07, 6.45) is 3.24. The zero-order valence-electron chi connectivity index (χ0n) is 14.6. The van der Waals surface area contributed by atoms with Gasteiger partial charge in [0.15, 0.2) is 0 Å². The molecule has 0 atom stereocenters. The molecule has 1 aliphatic rings. The van der Waals surface area contributed by atoms with Crippen LogP contribution in [0.25, 0.3) is 11.1 Å². The van der Waals surface area contributed by atoms with Gasteiger partial charge in [-0.1, -0.05) is 41.9 Å². The van der Waals surface area contributed by atoms with Crippen molar-refractivity contribution in [3.05, 3.63) is 59.1 Å². The van der Waals surface area contributed by atoms with Crippen LogP contribution in [-0.2, 0) is 4.74 Å². The van der Waals surface area contributed by atoms with Gasteiger partial charge in [0.1, 0.15) is 0 Å². The maximum Gasteiger partial charge on any atom is 0.253 e. The number of carbonyl (C=O) groups is 1. The molecular formula is C21H24ClNO2. The van der Waals surface area contributed by atoms with Crippen LogP contribution in [0.2, 0.25) is 5.02 Å². The van der Waals surface area contributed by atoms with E-state index in [0.717, 1.165) is 50.1 Å². The second kappa shape index (κ2) is 8.50. The minimum atomic E-state index is 0.0564. The molecule has 1 amide bonds. The average Bonchev–Trinajstić information content (AvgIpc) is 2.67. The summed E-state index contributed by atoms with van der Waals surface area (Å²) in [7, 11) is 1.88. The lowest BCUT2D eigenvalue weighted by Crippen LogP contribution is -2.30. The van der Waals surface area contributed by atoms with E-state index in [1.807, 2.05) is 60.5 Å². The number of nitrogens with zero attached hydrogens (tertiary/aromatic N) is 1. The van der Waals surface area contributed by atoms with Gasteiger partial charge in [-0.2, -0.15) is 0 Å². The van der Waals surface area contributed by atoms with Gasteiger partial charge in [0.2, 0.25) is 0 Å². The number of amides is 1. The lowest BCUT2D eigenvalue weighted by molar-refractivity contribution is 0.0583. The summed E-state index contributed by atoms with van der Waals surface area (Å²) in [5.41, 5.74) is 2.62. The van der Waals surface area contributed by atoms with Gasteiger partial charge in [-0.15, -0.1) is 0 Å². The molecule has 2 aromatic carbocycles. The molecule has 2 aromatic rings. The first-order valence-corrected chi connectivity index (χ1v) is 9.21. The largest absolute Gasteiger partial charge is 0.381 e. The predicted molar refractivity (Wildman–Crippen MR) is 102 cm³/mol. The van der Waals surface area contributed by atoms with Crippen LogP contribution < -0.4 is 0 Å². The van der Waals surface area contributed by atoms with Gasteiger partial charge >= 0.3 is 0 Å². The summed E-state index contributed by atoms with van der Waals surface area (Å²) < 4.78 is 5.40. The zero-order chi connectivity index (χ0) is 17.6. The molecule has 1 aliphatic heterocycles. The Morgan fingerprint density at radius 3 is 2.68 bits per heavy atom. The minimum Gasteiger partial charge on any atom is -0.381 e. The number of hydrogen-bond donors (Lipinski definition) is 0. The molecule has 0 bridgehead atoms. The van der Waals surface area contributed by atoms with E-state index in [4.69, 9.17) is 16.3 Å². The predicted octanol–water partition coefficient (Wildman–Crippen LogP) is 4.90. The first kappa shape index (κ1) is 18.0. The van der Waals surface area contributed by atoms with Gasteiger partial charge < -0.3 is 9.64 Å². The highest BCUT2D eigenvalue weighted by atomic mass is 35.5. The number of rotatable bonds is 5. The number of carbonyl (C=O) groups excluding carboxylic acids is 1. The second-order valence-electron chi connectivity index (χ2n) is 6.63. The first-order valence-electron chi connectivity index (χ1n) is 8.83. The van der Waals surface area contributed by atoms with E-state index >= 15 is 0 Å². The highest BCUT2D eigenvalue weighted by molar-refractivity contribution is 6.33. The van der Waals surface area contributed by atoms with Crippen molar-refractivity contribution in [3.8, 4) is 11.1 Å². The quantitative estimate of drug-likeness (QED) is 0.762. The third kappa shape index (κ3) is 4.62. The van der Waals surface area contributed by atoms with Gasteiger partial charge in [0.25, 0.3) is 5.91 Å². The van der Waals surface area contributed by atoms with Gasteiger partial charge in [-0.3, -0.25) is 4.79 Å². The smallest absolute Gasteiger partial charge is 0.253 e. The molecule has 25 heavy (non-hydrogen) atoms. The second-order valence-corrected chi connectivity index (χ2v) is 7.04. The number of hydrogen-bond acceptors (Lipinski definition) is 2. The van der Waals surface area contributed by atoms with E-state index in [9.17, 15) is 4.79 Å². The Bertz CT molecular complexity index is 725. The Labute approximate surface area is 154 Å². The molecule has 0 spiro atoms. The Kier molecular flexibility index (Phi) is 6.11. The van der Waals surface area contributed by atoms with Crippen molar-refractivity contribution in [1.29, 1.82) is 0 Å². The Balaban J connectivity index is 1.67. The highest BCUT2D eigenvalue weighted by Crippen LogP contribution is 2.28. The van der Waals surface area contributed by atoms with Crippen molar-refractivity contribution in [2.45, 2.75) is 19.3 Å². The molecule has 1 fully saturated rings. The fourth-order valence-electron chi connectivity index (χ4n) is 3.25. The van der Waals surface area contributed by atoms with Gasteiger partial charge in [0, 0.05) is 43.0 Å². The first-order chi connectivity index (χ1) is 12.1. The van der Waals surface area contributed by atoms with Crippen molar-refractivity contribution in [3.63, 3.8) is 0 Å². The topological polar surface area (TPSA) is 29.5 Å². The van der Waals surface area contributed by atoms with E-state index < -0.39 is 0 Å². The SMILES string of the molecule is CN(CCC1CCOCC1)C(=O)c1cccc(-c2ccccc2Cl)c1. The highest BCUT2D eigenvalue weighted by Gasteiger charge is 2.17. The summed E-state index contributed by atoms with van der Waals surface area (Å²) in [4.78, 5) is 14.6. The molecule has 0 N–H and O–H groups in total. The monoisotopic (exact) mass is 357 g/mol. The van der Waals surface area contributed by atoms with E-state index in [0.29, 0.717) is 16.5 Å². The molecular weight excluding hydrogens is 334 g/mol. The molecule has 1 heterocycles. The average molecular weight is 358 g/mol. The lowest BCUT2D eigenvalue weighted by atomic mass is 9.96. The third-order valence-corrected chi connectivity index (χ3v) is 5.18. The fraction of sp³-hybridized carbons (Fsp3) is 0.381. The number of ether oxygens (including phenoxy) is 1. The minimum absolute atomic E-state index is 0.0564. The third-order valence-electron chi connectivity index (χ3n) is 4.85. The van der Waals surface area contributed by atoms with Gasteiger partial charge in [0.05, 0.1) is 0 Å². The van der Waals surface area contributed by atoms with Crippen molar-refractivity contribution in [1.82, 2.24) is 4.90 Å². The summed E-state index contributed by atoms with van der Waals surface area (Å²) in [6.45, 7) is 2.48. The molecule has 132 valence electrons.